The normalized spacial score (nSPS) is 11.3. The molecule has 0 bridgehead atoms. The number of nitrogens with one attached hydrogen (secondary N) is 2. The number of rotatable bonds is 11. The zero-order valence-electron chi connectivity index (χ0n) is 16.3. The Bertz CT molecular complexity index is 781. The average Bonchev–Trinajstić information content (AvgIpc) is 3.06. The Kier molecular flexibility index (Phi) is 8.63. The van der Waals surface area contributed by atoms with Crippen LogP contribution in [-0.4, -0.2) is 44.2 Å². The summed E-state index contributed by atoms with van der Waals surface area (Å²) in [4.78, 5) is 35.4. The van der Waals surface area contributed by atoms with Crippen LogP contribution in [0.4, 0.5) is 10.7 Å². The number of imidazole rings is 1. The summed E-state index contributed by atoms with van der Waals surface area (Å²) in [6.07, 6.45) is 9.42. The van der Waals surface area contributed by atoms with E-state index in [1.807, 2.05) is 10.8 Å². The first-order valence-electron chi connectivity index (χ1n) is 9.50. The number of ether oxygens (including phenoxy) is 1. The molecule has 2 aromatic rings. The molecule has 0 spiro atoms. The molecule has 0 aromatic carbocycles. The number of H-pyrrole nitrogens is 1. The summed E-state index contributed by atoms with van der Waals surface area (Å²) in [5.74, 6) is 0.785. The fourth-order valence-electron chi connectivity index (χ4n) is 2.90. The number of hydrogen-bond donors (Lipinski definition) is 2. The molecule has 0 unspecified atom stereocenters. The topological polar surface area (TPSA) is 102 Å². The monoisotopic (exact) mass is 395 g/mol. The van der Waals surface area contributed by atoms with Gasteiger partial charge in [0.25, 0.3) is 5.56 Å². The number of nitrogens with zero attached hydrogens (tertiary/aromatic N) is 3. The molecule has 0 aliphatic rings. The quantitative estimate of drug-likeness (QED) is 0.559. The number of fused-ring (bicyclic) bond motifs is 1. The summed E-state index contributed by atoms with van der Waals surface area (Å²) in [5.41, 5.74) is 0.410. The van der Waals surface area contributed by atoms with Gasteiger partial charge in [-0.1, -0.05) is 39.5 Å². The predicted octanol–water partition coefficient (Wildman–Crippen LogP) is 3.95. The third-order valence-corrected chi connectivity index (χ3v) is 4.92. The number of anilines is 1. The molecular formula is C18H29N5O3S. The van der Waals surface area contributed by atoms with Gasteiger partial charge in [-0.15, -0.1) is 0 Å². The Morgan fingerprint density at radius 3 is 2.67 bits per heavy atom. The van der Waals surface area contributed by atoms with Crippen molar-refractivity contribution >= 4 is 35.0 Å². The molecule has 150 valence electrons. The molecular weight excluding hydrogens is 366 g/mol. The number of carbonyl (C=O) groups excluding carboxylic acids is 1. The van der Waals surface area contributed by atoms with Gasteiger partial charge in [0.05, 0.1) is 6.33 Å². The van der Waals surface area contributed by atoms with Crippen molar-refractivity contribution in [3.05, 3.63) is 16.7 Å². The van der Waals surface area contributed by atoms with Gasteiger partial charge in [-0.05, 0) is 19.1 Å². The Hall–Kier alpha value is -2.03. The maximum absolute atomic E-state index is 12.3. The van der Waals surface area contributed by atoms with Crippen LogP contribution in [0.3, 0.4) is 0 Å². The highest BCUT2D eigenvalue weighted by Gasteiger charge is 2.18. The first-order valence-corrected chi connectivity index (χ1v) is 10.9. The molecule has 0 saturated heterocycles. The van der Waals surface area contributed by atoms with Crippen molar-refractivity contribution in [1.82, 2.24) is 19.5 Å². The third-order valence-electron chi connectivity index (χ3n) is 4.35. The van der Waals surface area contributed by atoms with Crippen LogP contribution in [0.5, 0.6) is 0 Å². The Labute approximate surface area is 163 Å². The highest BCUT2D eigenvalue weighted by molar-refractivity contribution is 7.98. The lowest BCUT2D eigenvalue weighted by Crippen LogP contribution is -2.21. The van der Waals surface area contributed by atoms with Crippen LogP contribution in [0, 0.1) is 0 Å². The summed E-state index contributed by atoms with van der Waals surface area (Å²) in [6.45, 7) is 4.63. The number of amides is 1. The van der Waals surface area contributed by atoms with Crippen LogP contribution in [0.25, 0.3) is 11.2 Å². The number of unbranched alkanes of at least 4 members (excludes halogenated alkanes) is 2. The summed E-state index contributed by atoms with van der Waals surface area (Å²) < 4.78 is 7.02. The average molecular weight is 396 g/mol. The Morgan fingerprint density at radius 1 is 1.33 bits per heavy atom. The van der Waals surface area contributed by atoms with Crippen molar-refractivity contribution in [3.8, 4) is 0 Å². The SMILES string of the molecule is CCCCC(CCCC)n1cnc2c(=O)[nH]c(NC(=O)OCCSC)nc21. The van der Waals surface area contributed by atoms with Gasteiger partial charge < -0.3 is 9.30 Å². The zero-order valence-corrected chi connectivity index (χ0v) is 17.1. The first kappa shape index (κ1) is 21.3. The van der Waals surface area contributed by atoms with E-state index in [9.17, 15) is 9.59 Å². The van der Waals surface area contributed by atoms with Gasteiger partial charge in [0, 0.05) is 11.8 Å². The lowest BCUT2D eigenvalue weighted by atomic mass is 10.0. The molecule has 8 nitrogen and oxygen atoms in total. The molecule has 0 radical (unpaired) electrons. The standard InChI is InChI=1S/C18H29N5O3S/c1-4-6-8-13(9-7-5-2)23-12-19-14-15(23)20-17(21-16(14)24)22-18(25)26-10-11-27-3/h12-13H,4-11H2,1-3H3,(H2,20,21,22,24,25). The maximum atomic E-state index is 12.3. The van der Waals surface area contributed by atoms with Gasteiger partial charge in [0.1, 0.15) is 6.61 Å². The Balaban J connectivity index is 2.26. The number of thioether (sulfide) groups is 1. The minimum atomic E-state index is -0.633. The van der Waals surface area contributed by atoms with Gasteiger partial charge in [-0.25, -0.2) is 9.78 Å². The van der Waals surface area contributed by atoms with Crippen molar-refractivity contribution < 1.29 is 9.53 Å². The molecule has 27 heavy (non-hydrogen) atoms. The minimum Gasteiger partial charge on any atom is -0.448 e. The van der Waals surface area contributed by atoms with Gasteiger partial charge in [0.15, 0.2) is 11.2 Å². The molecule has 0 aliphatic heterocycles. The fraction of sp³-hybridized carbons (Fsp3) is 0.667. The van der Waals surface area contributed by atoms with Crippen LogP contribution in [0.2, 0.25) is 0 Å². The van der Waals surface area contributed by atoms with Crippen LogP contribution < -0.4 is 10.9 Å². The second-order valence-electron chi connectivity index (χ2n) is 6.43. The summed E-state index contributed by atoms with van der Waals surface area (Å²) in [7, 11) is 0. The van der Waals surface area contributed by atoms with E-state index in [0.717, 1.165) is 38.5 Å². The van der Waals surface area contributed by atoms with Crippen molar-refractivity contribution in [2.24, 2.45) is 0 Å². The molecule has 2 rings (SSSR count). The lowest BCUT2D eigenvalue weighted by molar-refractivity contribution is 0.169. The van der Waals surface area contributed by atoms with Gasteiger partial charge in [-0.3, -0.25) is 15.1 Å². The van der Waals surface area contributed by atoms with Crippen LogP contribution in [-0.2, 0) is 4.74 Å². The van der Waals surface area contributed by atoms with Gasteiger partial charge in [0.2, 0.25) is 5.95 Å². The largest absolute Gasteiger partial charge is 0.448 e. The molecule has 0 aliphatic carbocycles. The van der Waals surface area contributed by atoms with E-state index in [0.29, 0.717) is 18.0 Å². The fourth-order valence-corrected chi connectivity index (χ4v) is 3.15. The molecule has 2 N–H and O–H groups in total. The van der Waals surface area contributed by atoms with Crippen LogP contribution in [0.15, 0.2) is 11.1 Å². The van der Waals surface area contributed by atoms with E-state index in [2.05, 4.69) is 34.1 Å². The zero-order chi connectivity index (χ0) is 19.6. The molecule has 0 fully saturated rings. The third kappa shape index (κ3) is 5.98. The molecule has 9 heteroatoms. The molecule has 2 aromatic heterocycles. The molecule has 0 atom stereocenters. The molecule has 0 saturated carbocycles. The second-order valence-corrected chi connectivity index (χ2v) is 7.42. The number of carbonyl (C=O) groups is 1. The van der Waals surface area contributed by atoms with E-state index in [4.69, 9.17) is 4.74 Å². The highest BCUT2D eigenvalue weighted by Crippen LogP contribution is 2.25. The van der Waals surface area contributed by atoms with Crippen LogP contribution in [0.1, 0.15) is 58.4 Å². The highest BCUT2D eigenvalue weighted by atomic mass is 32.2. The molecule has 2 heterocycles. The van der Waals surface area contributed by atoms with Crippen molar-refractivity contribution in [3.63, 3.8) is 0 Å². The number of aromatic amines is 1. The van der Waals surface area contributed by atoms with Gasteiger partial charge >= 0.3 is 6.09 Å². The summed E-state index contributed by atoms with van der Waals surface area (Å²) in [5, 5.41) is 2.50. The number of hydrogen-bond acceptors (Lipinski definition) is 6. The predicted molar refractivity (Wildman–Crippen MR) is 110 cm³/mol. The van der Waals surface area contributed by atoms with Crippen molar-refractivity contribution in [1.29, 1.82) is 0 Å². The molecule has 1 amide bonds. The lowest BCUT2D eigenvalue weighted by Gasteiger charge is -2.18. The minimum absolute atomic E-state index is 0.0770. The second kappa shape index (κ2) is 11.0. The Morgan fingerprint density at radius 2 is 2.04 bits per heavy atom. The van der Waals surface area contributed by atoms with Crippen molar-refractivity contribution in [2.45, 2.75) is 58.4 Å². The van der Waals surface area contributed by atoms with E-state index < -0.39 is 6.09 Å². The summed E-state index contributed by atoms with van der Waals surface area (Å²) >= 11 is 1.58. The van der Waals surface area contributed by atoms with E-state index >= 15 is 0 Å². The van der Waals surface area contributed by atoms with Crippen LogP contribution >= 0.6 is 11.8 Å². The van der Waals surface area contributed by atoms with Crippen molar-refractivity contribution in [2.75, 3.05) is 23.9 Å². The van der Waals surface area contributed by atoms with E-state index in [1.54, 1.807) is 18.1 Å². The number of aromatic nitrogens is 4. The summed E-state index contributed by atoms with van der Waals surface area (Å²) in [6, 6.07) is 0.241. The van der Waals surface area contributed by atoms with Gasteiger partial charge in [-0.2, -0.15) is 16.7 Å². The smallest absolute Gasteiger partial charge is 0.413 e. The maximum Gasteiger partial charge on any atom is 0.413 e. The van der Waals surface area contributed by atoms with E-state index in [-0.39, 0.29) is 23.1 Å². The first-order chi connectivity index (χ1) is 13.1. The van der Waals surface area contributed by atoms with E-state index in [1.165, 1.54) is 0 Å².